The van der Waals surface area contributed by atoms with Crippen LogP contribution < -0.4 is 10.9 Å². The Morgan fingerprint density at radius 3 is 2.81 bits per heavy atom. The van der Waals surface area contributed by atoms with Gasteiger partial charge in [0.1, 0.15) is 0 Å². The molecule has 0 spiro atoms. The Bertz CT molecular complexity index is 886. The molecule has 0 saturated heterocycles. The van der Waals surface area contributed by atoms with Crippen molar-refractivity contribution in [2.24, 2.45) is 5.92 Å². The molecule has 3 rings (SSSR count). The Kier molecular flexibility index (Phi) is 5.50. The van der Waals surface area contributed by atoms with E-state index >= 15 is 0 Å². The van der Waals surface area contributed by atoms with Crippen molar-refractivity contribution >= 4 is 17.7 Å². The van der Waals surface area contributed by atoms with Crippen LogP contribution in [0, 0.1) is 26.7 Å². The van der Waals surface area contributed by atoms with Crippen LogP contribution in [-0.4, -0.2) is 37.5 Å². The number of aromatic nitrogens is 4. The maximum absolute atomic E-state index is 12.6. The van der Waals surface area contributed by atoms with E-state index < -0.39 is 0 Å². The van der Waals surface area contributed by atoms with E-state index in [1.54, 1.807) is 4.57 Å². The van der Waals surface area contributed by atoms with Crippen LogP contribution in [0.3, 0.4) is 0 Å². The third-order valence-corrected chi connectivity index (χ3v) is 5.84. The van der Waals surface area contributed by atoms with E-state index in [1.807, 2.05) is 38.4 Å². The summed E-state index contributed by atoms with van der Waals surface area (Å²) in [6, 6.07) is 2.02. The summed E-state index contributed by atoms with van der Waals surface area (Å²) in [6.45, 7) is 9.35. The van der Waals surface area contributed by atoms with Gasteiger partial charge in [0.2, 0.25) is 5.91 Å². The van der Waals surface area contributed by atoms with Crippen LogP contribution in [0.5, 0.6) is 0 Å². The van der Waals surface area contributed by atoms with Crippen molar-refractivity contribution in [2.75, 3.05) is 12.3 Å². The van der Waals surface area contributed by atoms with Gasteiger partial charge in [-0.15, -0.1) is 0 Å². The van der Waals surface area contributed by atoms with Gasteiger partial charge in [-0.1, -0.05) is 18.7 Å². The van der Waals surface area contributed by atoms with E-state index in [0.717, 1.165) is 27.8 Å². The summed E-state index contributed by atoms with van der Waals surface area (Å²) in [5.74, 6) is 0.401. The van der Waals surface area contributed by atoms with E-state index in [-0.39, 0.29) is 17.4 Å². The van der Waals surface area contributed by atoms with Crippen LogP contribution in [0.15, 0.2) is 16.0 Å². The highest BCUT2D eigenvalue weighted by Gasteiger charge is 2.27. The molecule has 1 aliphatic heterocycles. The molecular weight excluding hydrogens is 350 g/mol. The number of carbonyl (C=O) groups is 1. The monoisotopic (exact) mass is 375 g/mol. The Morgan fingerprint density at radius 2 is 2.15 bits per heavy atom. The van der Waals surface area contributed by atoms with E-state index in [4.69, 9.17) is 0 Å². The summed E-state index contributed by atoms with van der Waals surface area (Å²) in [7, 11) is 0. The minimum absolute atomic E-state index is 0.0114. The largest absolute Gasteiger partial charge is 0.354 e. The lowest BCUT2D eigenvalue weighted by molar-refractivity contribution is -0.124. The number of nitrogens with zero attached hydrogens (tertiary/aromatic N) is 4. The molecular formula is C18H25N5O2S. The Balaban J connectivity index is 1.64. The maximum atomic E-state index is 12.6. The summed E-state index contributed by atoms with van der Waals surface area (Å²) >= 11 is 1.48. The highest BCUT2D eigenvalue weighted by Crippen LogP contribution is 2.25. The van der Waals surface area contributed by atoms with Gasteiger partial charge in [-0.3, -0.25) is 18.8 Å². The average molecular weight is 375 g/mol. The third kappa shape index (κ3) is 3.70. The molecule has 7 nitrogen and oxygen atoms in total. The minimum atomic E-state index is -0.222. The first kappa shape index (κ1) is 18.7. The molecule has 2 aromatic rings. The van der Waals surface area contributed by atoms with Crippen molar-refractivity contribution in [1.82, 2.24) is 24.6 Å². The Labute approximate surface area is 157 Å². The molecule has 1 amide bonds. The van der Waals surface area contributed by atoms with Crippen molar-refractivity contribution < 1.29 is 4.79 Å². The van der Waals surface area contributed by atoms with Crippen molar-refractivity contribution in [3.8, 4) is 0 Å². The molecule has 0 aliphatic carbocycles. The zero-order chi connectivity index (χ0) is 18.8. The van der Waals surface area contributed by atoms with Gasteiger partial charge in [-0.25, -0.2) is 4.98 Å². The molecule has 0 aromatic carbocycles. The average Bonchev–Trinajstić information content (AvgIpc) is 2.92. The fraction of sp³-hybridized carbons (Fsp3) is 0.556. The van der Waals surface area contributed by atoms with Gasteiger partial charge < -0.3 is 5.32 Å². The van der Waals surface area contributed by atoms with Gasteiger partial charge in [0.15, 0.2) is 5.16 Å². The molecule has 26 heavy (non-hydrogen) atoms. The fourth-order valence-corrected chi connectivity index (χ4v) is 4.41. The summed E-state index contributed by atoms with van der Waals surface area (Å²) < 4.78 is 3.55. The normalized spacial score (nSPS) is 16.4. The molecule has 3 heterocycles. The van der Waals surface area contributed by atoms with E-state index in [1.165, 1.54) is 11.8 Å². The quantitative estimate of drug-likeness (QED) is 0.800. The molecule has 1 N–H and O–H groups in total. The van der Waals surface area contributed by atoms with Gasteiger partial charge in [0.25, 0.3) is 5.56 Å². The smallest absolute Gasteiger partial charge is 0.257 e. The van der Waals surface area contributed by atoms with Crippen molar-refractivity contribution in [2.45, 2.75) is 52.4 Å². The van der Waals surface area contributed by atoms with Gasteiger partial charge in [-0.05, 0) is 33.3 Å². The Morgan fingerprint density at radius 1 is 1.38 bits per heavy atom. The first-order valence-corrected chi connectivity index (χ1v) is 9.91. The van der Waals surface area contributed by atoms with Crippen LogP contribution in [0.25, 0.3) is 0 Å². The minimum Gasteiger partial charge on any atom is -0.354 e. The summed E-state index contributed by atoms with van der Waals surface area (Å²) in [4.78, 5) is 29.7. The molecule has 2 aromatic heterocycles. The number of aryl methyl sites for hydroxylation is 3. The highest BCUT2D eigenvalue weighted by molar-refractivity contribution is 7.99. The molecule has 1 unspecified atom stereocenters. The van der Waals surface area contributed by atoms with Crippen LogP contribution in [-0.2, 0) is 24.3 Å². The standard InChI is InChI=1S/C18H25N5O2S/c1-5-15-13(4)20-18-22(17(15)25)9-14(10-26-18)16(24)19-6-7-23-12(3)8-11(2)21-23/h8,14H,5-7,9-10H2,1-4H3,(H,19,24). The lowest BCUT2D eigenvalue weighted by Crippen LogP contribution is -2.41. The van der Waals surface area contributed by atoms with Gasteiger partial charge in [-0.2, -0.15) is 5.10 Å². The van der Waals surface area contributed by atoms with Crippen molar-refractivity contribution in [3.63, 3.8) is 0 Å². The molecule has 0 bridgehead atoms. The zero-order valence-electron chi connectivity index (χ0n) is 15.7. The summed E-state index contributed by atoms with van der Waals surface area (Å²) in [6.07, 6.45) is 0.655. The molecule has 1 aliphatic rings. The highest BCUT2D eigenvalue weighted by atomic mass is 32.2. The van der Waals surface area contributed by atoms with Gasteiger partial charge in [0, 0.05) is 35.8 Å². The predicted octanol–water partition coefficient (Wildman–Crippen LogP) is 1.47. The lowest BCUT2D eigenvalue weighted by Gasteiger charge is -2.25. The molecule has 0 radical (unpaired) electrons. The molecule has 0 fully saturated rings. The van der Waals surface area contributed by atoms with Crippen molar-refractivity contribution in [3.05, 3.63) is 39.1 Å². The van der Waals surface area contributed by atoms with E-state index in [2.05, 4.69) is 15.4 Å². The number of rotatable bonds is 5. The summed E-state index contributed by atoms with van der Waals surface area (Å²) in [5, 5.41) is 8.09. The maximum Gasteiger partial charge on any atom is 0.257 e. The lowest BCUT2D eigenvalue weighted by atomic mass is 10.1. The van der Waals surface area contributed by atoms with Crippen LogP contribution in [0.4, 0.5) is 0 Å². The first-order valence-electron chi connectivity index (χ1n) is 8.92. The number of amides is 1. The second-order valence-electron chi connectivity index (χ2n) is 6.68. The van der Waals surface area contributed by atoms with E-state index in [0.29, 0.717) is 31.8 Å². The zero-order valence-corrected chi connectivity index (χ0v) is 16.5. The second-order valence-corrected chi connectivity index (χ2v) is 7.66. The SMILES string of the molecule is CCc1c(C)nc2n(c1=O)CC(C(=O)NCCn1nc(C)cc1C)CS2. The Hall–Kier alpha value is -2.09. The number of hydrogen-bond acceptors (Lipinski definition) is 5. The van der Waals surface area contributed by atoms with E-state index in [9.17, 15) is 9.59 Å². The molecule has 8 heteroatoms. The van der Waals surface area contributed by atoms with Crippen LogP contribution >= 0.6 is 11.8 Å². The topological polar surface area (TPSA) is 81.8 Å². The molecule has 140 valence electrons. The third-order valence-electron chi connectivity index (χ3n) is 4.70. The second kappa shape index (κ2) is 7.65. The number of nitrogens with one attached hydrogen (secondary N) is 1. The van der Waals surface area contributed by atoms with Gasteiger partial charge in [0.05, 0.1) is 18.2 Å². The predicted molar refractivity (Wildman–Crippen MR) is 102 cm³/mol. The number of hydrogen-bond donors (Lipinski definition) is 1. The van der Waals surface area contributed by atoms with Crippen LogP contribution in [0.2, 0.25) is 0 Å². The fourth-order valence-electron chi connectivity index (χ4n) is 3.29. The summed E-state index contributed by atoms with van der Waals surface area (Å²) in [5.41, 5.74) is 3.58. The van der Waals surface area contributed by atoms with Gasteiger partial charge >= 0.3 is 0 Å². The number of thioether (sulfide) groups is 1. The number of carbonyl (C=O) groups excluding carboxylic acids is 1. The molecule has 0 saturated carbocycles. The van der Waals surface area contributed by atoms with Crippen LogP contribution in [0.1, 0.15) is 29.6 Å². The number of fused-ring (bicyclic) bond motifs is 1. The first-order chi connectivity index (χ1) is 12.4. The molecule has 1 atom stereocenters. The van der Waals surface area contributed by atoms with Crippen molar-refractivity contribution in [1.29, 1.82) is 0 Å².